The molecular weight excluding hydrogens is 513 g/mol. The Labute approximate surface area is 238 Å². The van der Waals surface area contributed by atoms with Gasteiger partial charge in [0, 0.05) is 0 Å². The Morgan fingerprint density at radius 1 is 0.561 bits per heavy atom. The molecule has 0 amide bonds. The molecule has 0 aliphatic heterocycles. The fourth-order valence-electron chi connectivity index (χ4n) is 5.43. The summed E-state index contributed by atoms with van der Waals surface area (Å²) in [6.07, 6.45) is -1.85. The number of benzene rings is 6. The Morgan fingerprint density at radius 2 is 1.12 bits per heavy atom. The monoisotopic (exact) mass is 540 g/mol. The van der Waals surface area contributed by atoms with Crippen LogP contribution in [0.25, 0.3) is 33.5 Å². The fraction of sp³-hybridized carbons (Fsp3) is 0.0526. The topological polar surface area (TPSA) is 0 Å². The third kappa shape index (κ3) is 5.71. The quantitative estimate of drug-likeness (QED) is 0.184. The summed E-state index contributed by atoms with van der Waals surface area (Å²) in [5.74, 6) is 0. The van der Waals surface area contributed by atoms with Crippen LogP contribution in [0.2, 0.25) is 0 Å². The van der Waals surface area contributed by atoms with E-state index < -0.39 is 11.7 Å². The molecule has 200 valence electrons. The van der Waals surface area contributed by atoms with Crippen LogP contribution in [0.15, 0.2) is 146 Å². The van der Waals surface area contributed by atoms with Crippen LogP contribution in [0.1, 0.15) is 33.4 Å². The third-order valence-corrected chi connectivity index (χ3v) is 7.38. The lowest BCUT2D eigenvalue weighted by Gasteiger charge is -2.18. The Kier molecular flexibility index (Phi) is 7.26. The maximum Gasteiger partial charge on any atom is 0.416 e. The van der Waals surface area contributed by atoms with Gasteiger partial charge >= 0.3 is 6.18 Å². The van der Waals surface area contributed by atoms with E-state index in [2.05, 4.69) is 60.7 Å². The lowest BCUT2D eigenvalue weighted by Crippen LogP contribution is -2.05. The van der Waals surface area contributed by atoms with E-state index in [1.54, 1.807) is 6.07 Å². The highest BCUT2D eigenvalue weighted by Gasteiger charge is 2.30. The maximum atomic E-state index is 13.6. The summed E-state index contributed by atoms with van der Waals surface area (Å²) >= 11 is 0. The molecule has 41 heavy (non-hydrogen) atoms. The highest BCUT2D eigenvalue weighted by Crippen LogP contribution is 2.38. The summed E-state index contributed by atoms with van der Waals surface area (Å²) in [5.41, 5.74) is 7.30. The molecule has 0 bridgehead atoms. The van der Waals surface area contributed by atoms with E-state index in [1.165, 1.54) is 12.1 Å². The van der Waals surface area contributed by atoms with Gasteiger partial charge in [-0.2, -0.15) is 13.2 Å². The van der Waals surface area contributed by atoms with E-state index in [4.69, 9.17) is 0 Å². The first-order valence-electron chi connectivity index (χ1n) is 13.6. The number of hydrogen-bond donors (Lipinski definition) is 0. The molecule has 0 heterocycles. The molecule has 0 unspecified atom stereocenters. The minimum Gasteiger partial charge on any atom is -0.166 e. The maximum absolute atomic E-state index is 13.6. The molecule has 6 aromatic rings. The zero-order valence-electron chi connectivity index (χ0n) is 22.3. The summed E-state index contributed by atoms with van der Waals surface area (Å²) < 4.78 is 40.9. The normalized spacial score (nSPS) is 11.4. The molecule has 6 aromatic carbocycles. The molecule has 0 aromatic heterocycles. The van der Waals surface area contributed by atoms with Gasteiger partial charge in [-0.1, -0.05) is 133 Å². The van der Waals surface area contributed by atoms with Crippen molar-refractivity contribution < 1.29 is 13.2 Å². The second-order valence-corrected chi connectivity index (χ2v) is 10.1. The number of alkyl halides is 3. The highest BCUT2D eigenvalue weighted by atomic mass is 19.4. The molecule has 6 rings (SSSR count). The molecule has 0 aliphatic rings. The van der Waals surface area contributed by atoms with Crippen LogP contribution in [-0.4, -0.2) is 0 Å². The van der Waals surface area contributed by atoms with Crippen LogP contribution in [0.4, 0.5) is 13.2 Å². The van der Waals surface area contributed by atoms with Gasteiger partial charge in [0.1, 0.15) is 0 Å². The van der Waals surface area contributed by atoms with Gasteiger partial charge in [0.05, 0.1) is 5.56 Å². The molecule has 0 saturated heterocycles. The van der Waals surface area contributed by atoms with Crippen molar-refractivity contribution >= 4 is 22.4 Å². The van der Waals surface area contributed by atoms with E-state index in [0.717, 1.165) is 55.8 Å². The van der Waals surface area contributed by atoms with Crippen molar-refractivity contribution in [1.29, 1.82) is 0 Å². The lowest BCUT2D eigenvalue weighted by atomic mass is 9.86. The first kappa shape index (κ1) is 26.3. The van der Waals surface area contributed by atoms with E-state index in [1.807, 2.05) is 66.7 Å². The molecule has 0 N–H and O–H groups in total. The first-order chi connectivity index (χ1) is 20.0. The molecule has 0 saturated carbocycles. The molecule has 0 aliphatic carbocycles. The van der Waals surface area contributed by atoms with Crippen molar-refractivity contribution in [3.8, 4) is 11.1 Å². The number of fused-ring (bicyclic) bond motifs is 1. The van der Waals surface area contributed by atoms with Gasteiger partial charge in [0.2, 0.25) is 0 Å². The SMILES string of the molecule is FC(F)(F)c1cccc(Cc2c(C=C(c3ccccc3)c3ccccc3)cc(-c3ccccc3)c3ccccc23)c1. The molecular formula is C38H27F3. The lowest BCUT2D eigenvalue weighted by molar-refractivity contribution is -0.137. The summed E-state index contributed by atoms with van der Waals surface area (Å²) in [5, 5.41) is 2.09. The Bertz CT molecular complexity index is 1780. The predicted molar refractivity (Wildman–Crippen MR) is 163 cm³/mol. The average Bonchev–Trinajstić information content (AvgIpc) is 3.01. The summed E-state index contributed by atoms with van der Waals surface area (Å²) in [6.45, 7) is 0. The number of halogens is 3. The average molecular weight is 541 g/mol. The van der Waals surface area contributed by atoms with Crippen LogP contribution < -0.4 is 0 Å². The molecule has 0 fully saturated rings. The second-order valence-electron chi connectivity index (χ2n) is 10.1. The van der Waals surface area contributed by atoms with Crippen LogP contribution in [0.3, 0.4) is 0 Å². The van der Waals surface area contributed by atoms with Crippen molar-refractivity contribution in [3.05, 3.63) is 179 Å². The molecule has 0 nitrogen and oxygen atoms in total. The van der Waals surface area contributed by atoms with Crippen LogP contribution in [0, 0.1) is 0 Å². The van der Waals surface area contributed by atoms with Gasteiger partial charge in [-0.15, -0.1) is 0 Å². The van der Waals surface area contributed by atoms with E-state index in [-0.39, 0.29) is 0 Å². The van der Waals surface area contributed by atoms with Gasteiger partial charge in [0.15, 0.2) is 0 Å². The van der Waals surface area contributed by atoms with Gasteiger partial charge in [-0.25, -0.2) is 0 Å². The third-order valence-electron chi connectivity index (χ3n) is 7.38. The summed E-state index contributed by atoms with van der Waals surface area (Å²) in [6, 6.07) is 46.7. The number of hydrogen-bond acceptors (Lipinski definition) is 0. The molecule has 3 heteroatoms. The van der Waals surface area contributed by atoms with Crippen molar-refractivity contribution in [2.45, 2.75) is 12.6 Å². The Balaban J connectivity index is 1.64. The van der Waals surface area contributed by atoms with Crippen LogP contribution >= 0.6 is 0 Å². The highest BCUT2D eigenvalue weighted by molar-refractivity contribution is 6.03. The first-order valence-corrected chi connectivity index (χ1v) is 13.6. The largest absolute Gasteiger partial charge is 0.416 e. The predicted octanol–water partition coefficient (Wildman–Crippen LogP) is 10.7. The second kappa shape index (κ2) is 11.3. The minimum atomic E-state index is -4.40. The van der Waals surface area contributed by atoms with Gasteiger partial charge in [-0.05, 0) is 79.9 Å². The number of rotatable bonds is 6. The molecule has 0 atom stereocenters. The van der Waals surface area contributed by atoms with Crippen molar-refractivity contribution in [2.24, 2.45) is 0 Å². The van der Waals surface area contributed by atoms with E-state index in [0.29, 0.717) is 12.0 Å². The summed E-state index contributed by atoms with van der Waals surface area (Å²) in [7, 11) is 0. The molecule has 0 radical (unpaired) electrons. The zero-order valence-corrected chi connectivity index (χ0v) is 22.3. The van der Waals surface area contributed by atoms with Crippen LogP contribution in [-0.2, 0) is 12.6 Å². The van der Waals surface area contributed by atoms with Crippen molar-refractivity contribution in [1.82, 2.24) is 0 Å². The van der Waals surface area contributed by atoms with Gasteiger partial charge in [-0.3, -0.25) is 0 Å². The zero-order chi connectivity index (χ0) is 28.2. The van der Waals surface area contributed by atoms with Crippen molar-refractivity contribution in [3.63, 3.8) is 0 Å². The van der Waals surface area contributed by atoms with Crippen LogP contribution in [0.5, 0.6) is 0 Å². The van der Waals surface area contributed by atoms with Crippen molar-refractivity contribution in [2.75, 3.05) is 0 Å². The Hall–Kier alpha value is -4.89. The smallest absolute Gasteiger partial charge is 0.166 e. The summed E-state index contributed by atoms with van der Waals surface area (Å²) in [4.78, 5) is 0. The van der Waals surface area contributed by atoms with Gasteiger partial charge < -0.3 is 0 Å². The van der Waals surface area contributed by atoms with E-state index in [9.17, 15) is 13.2 Å². The van der Waals surface area contributed by atoms with Gasteiger partial charge in [0.25, 0.3) is 0 Å². The van der Waals surface area contributed by atoms with E-state index >= 15 is 0 Å². The Morgan fingerprint density at radius 3 is 1.73 bits per heavy atom. The molecule has 0 spiro atoms. The fourth-order valence-corrected chi connectivity index (χ4v) is 5.43. The standard InChI is InChI=1S/C38H27F3/c39-38(40,41)32-20-12-13-27(23-32)24-36-31(25-35(28-14-4-1-5-15-28)29-16-6-2-7-17-29)26-37(30-18-8-3-9-19-30)34-22-11-10-21-33(34)36/h1-23,25-26H,24H2. The minimum absolute atomic E-state index is 0.363.